The molecule has 172 valence electrons. The van der Waals surface area contributed by atoms with E-state index in [-0.39, 0.29) is 0 Å². The molecule has 1 heteroatoms. The molecule has 0 heterocycles. The Morgan fingerprint density at radius 3 is 1.14 bits per heavy atom. The zero-order valence-electron chi connectivity index (χ0n) is 20.0. The fourth-order valence-electron chi connectivity index (χ4n) is 6.45. The highest BCUT2D eigenvalue weighted by atomic mass is 14.5. The first kappa shape index (κ1) is 25.2. The predicted octanol–water partition coefficient (Wildman–Crippen LogP) is 9.18. The van der Waals surface area contributed by atoms with E-state index in [2.05, 4.69) is 0 Å². The summed E-state index contributed by atoms with van der Waals surface area (Å²) in [5, 5.41) is 0. The van der Waals surface area contributed by atoms with Crippen LogP contribution < -0.4 is 5.73 Å². The van der Waals surface area contributed by atoms with Gasteiger partial charge in [0.2, 0.25) is 0 Å². The molecule has 0 amide bonds. The van der Waals surface area contributed by atoms with Crippen LogP contribution in [0, 0.1) is 17.8 Å². The van der Waals surface area contributed by atoms with Crippen LogP contribution in [0.5, 0.6) is 0 Å². The molecule has 29 heavy (non-hydrogen) atoms. The first-order valence-electron chi connectivity index (χ1n) is 14.1. The van der Waals surface area contributed by atoms with Gasteiger partial charge in [0.05, 0.1) is 0 Å². The Balaban J connectivity index is 2.01. The van der Waals surface area contributed by atoms with Gasteiger partial charge in [0.1, 0.15) is 0 Å². The summed E-state index contributed by atoms with van der Waals surface area (Å²) in [5.74, 6) is 3.08. The van der Waals surface area contributed by atoms with Gasteiger partial charge in [-0.1, -0.05) is 141 Å². The lowest BCUT2D eigenvalue weighted by molar-refractivity contribution is 0.157. The van der Waals surface area contributed by atoms with Gasteiger partial charge in [-0.05, 0) is 37.1 Å². The molecular formula is C28H55N. The van der Waals surface area contributed by atoms with Crippen LogP contribution in [0.15, 0.2) is 0 Å². The zero-order valence-corrected chi connectivity index (χ0v) is 20.0. The van der Waals surface area contributed by atoms with Crippen molar-refractivity contribution in [3.05, 3.63) is 0 Å². The monoisotopic (exact) mass is 405 g/mol. The quantitative estimate of drug-likeness (QED) is 0.420. The maximum atomic E-state index is 5.80. The smallest absolute Gasteiger partial charge is 0.00773 e. The first-order chi connectivity index (χ1) is 14.4. The normalized spacial score (nSPS) is 23.4. The Morgan fingerprint density at radius 2 is 0.793 bits per heavy atom. The molecule has 0 atom stereocenters. The van der Waals surface area contributed by atoms with Crippen molar-refractivity contribution in [3.63, 3.8) is 0 Å². The van der Waals surface area contributed by atoms with E-state index in [0.29, 0.717) is 0 Å². The highest BCUT2D eigenvalue weighted by Gasteiger charge is 2.28. The van der Waals surface area contributed by atoms with Crippen molar-refractivity contribution in [2.45, 2.75) is 154 Å². The Bertz CT molecular complexity index is 300. The van der Waals surface area contributed by atoms with E-state index in [1.54, 1.807) is 0 Å². The Labute approximate surface area is 184 Å². The van der Waals surface area contributed by atoms with E-state index in [4.69, 9.17) is 5.73 Å². The minimum Gasteiger partial charge on any atom is -0.330 e. The molecule has 0 aromatic heterocycles. The lowest BCUT2D eigenvalue weighted by atomic mass is 9.71. The lowest BCUT2D eigenvalue weighted by Crippen LogP contribution is -2.25. The van der Waals surface area contributed by atoms with Gasteiger partial charge in [-0.2, -0.15) is 0 Å². The molecule has 2 rings (SSSR count). The molecule has 0 aliphatic heterocycles. The highest BCUT2D eigenvalue weighted by molar-refractivity contribution is 4.79. The van der Waals surface area contributed by atoms with Crippen LogP contribution in [0.2, 0.25) is 0 Å². The zero-order chi connectivity index (χ0) is 20.4. The van der Waals surface area contributed by atoms with Gasteiger partial charge in [0.15, 0.2) is 0 Å². The molecule has 0 saturated heterocycles. The second-order valence-corrected chi connectivity index (χ2v) is 10.6. The van der Waals surface area contributed by atoms with Crippen LogP contribution in [0.3, 0.4) is 0 Å². The minimum absolute atomic E-state index is 0.886. The third-order valence-electron chi connectivity index (χ3n) is 8.25. The average molecular weight is 406 g/mol. The van der Waals surface area contributed by atoms with Crippen LogP contribution in [-0.2, 0) is 0 Å². The van der Waals surface area contributed by atoms with E-state index >= 15 is 0 Å². The number of rotatable bonds is 7. The molecule has 2 aliphatic rings. The largest absolute Gasteiger partial charge is 0.330 e. The highest BCUT2D eigenvalue weighted by Crippen LogP contribution is 2.40. The molecular weight excluding hydrogens is 350 g/mol. The molecule has 2 aliphatic carbocycles. The van der Waals surface area contributed by atoms with Gasteiger partial charge in [0.25, 0.3) is 0 Å². The lowest BCUT2D eigenvalue weighted by Gasteiger charge is -2.35. The van der Waals surface area contributed by atoms with E-state index in [9.17, 15) is 0 Å². The van der Waals surface area contributed by atoms with E-state index in [0.717, 1.165) is 24.3 Å². The van der Waals surface area contributed by atoms with Crippen molar-refractivity contribution in [2.75, 3.05) is 6.54 Å². The number of nitrogens with two attached hydrogens (primary N) is 1. The van der Waals surface area contributed by atoms with Crippen molar-refractivity contribution < 1.29 is 0 Å². The molecule has 0 aromatic rings. The van der Waals surface area contributed by atoms with Crippen molar-refractivity contribution in [1.82, 2.24) is 0 Å². The molecule has 0 unspecified atom stereocenters. The third-order valence-corrected chi connectivity index (χ3v) is 8.25. The van der Waals surface area contributed by atoms with Crippen LogP contribution in [0.25, 0.3) is 0 Å². The van der Waals surface area contributed by atoms with Crippen LogP contribution in [0.4, 0.5) is 0 Å². The van der Waals surface area contributed by atoms with Crippen molar-refractivity contribution in [2.24, 2.45) is 23.5 Å². The maximum Gasteiger partial charge on any atom is -0.00773 e. The predicted molar refractivity (Wildman–Crippen MR) is 130 cm³/mol. The summed E-state index contributed by atoms with van der Waals surface area (Å²) in [6, 6.07) is 0. The van der Waals surface area contributed by atoms with Gasteiger partial charge < -0.3 is 5.73 Å². The van der Waals surface area contributed by atoms with Gasteiger partial charge >= 0.3 is 0 Å². The first-order valence-corrected chi connectivity index (χ1v) is 14.1. The van der Waals surface area contributed by atoms with Gasteiger partial charge in [0, 0.05) is 0 Å². The Morgan fingerprint density at radius 1 is 0.448 bits per heavy atom. The summed E-state index contributed by atoms with van der Waals surface area (Å²) in [4.78, 5) is 0. The summed E-state index contributed by atoms with van der Waals surface area (Å²) in [6.07, 6.45) is 35.7. The summed E-state index contributed by atoms with van der Waals surface area (Å²) in [5.41, 5.74) is 5.80. The molecule has 2 fully saturated rings. The molecule has 0 spiro atoms. The number of unbranched alkanes of at least 4 members (excludes halogenated alkanes) is 2. The van der Waals surface area contributed by atoms with Crippen molar-refractivity contribution in [3.8, 4) is 0 Å². The molecule has 0 aromatic carbocycles. The van der Waals surface area contributed by atoms with Crippen LogP contribution in [0.1, 0.15) is 154 Å². The number of hydrogen-bond acceptors (Lipinski definition) is 1. The minimum atomic E-state index is 0.886. The second kappa shape index (κ2) is 17.6. The summed E-state index contributed by atoms with van der Waals surface area (Å²) in [6.45, 7) is 0.886. The van der Waals surface area contributed by atoms with E-state index < -0.39 is 0 Å². The van der Waals surface area contributed by atoms with Gasteiger partial charge in [-0.25, -0.2) is 0 Å². The van der Waals surface area contributed by atoms with Crippen LogP contribution >= 0.6 is 0 Å². The molecule has 2 N–H and O–H groups in total. The van der Waals surface area contributed by atoms with Crippen LogP contribution in [-0.4, -0.2) is 6.54 Å². The molecule has 0 bridgehead atoms. The van der Waals surface area contributed by atoms with Gasteiger partial charge in [-0.3, -0.25) is 0 Å². The Kier molecular flexibility index (Phi) is 15.3. The van der Waals surface area contributed by atoms with E-state index in [1.807, 2.05) is 0 Å². The fourth-order valence-corrected chi connectivity index (χ4v) is 6.45. The maximum absolute atomic E-state index is 5.80. The summed E-state index contributed by atoms with van der Waals surface area (Å²) in [7, 11) is 0. The second-order valence-electron chi connectivity index (χ2n) is 10.6. The average Bonchev–Trinajstić information content (AvgIpc) is 2.84. The topological polar surface area (TPSA) is 26.0 Å². The fraction of sp³-hybridized carbons (Fsp3) is 1.00. The standard InChI is InChI=1S/C28H55N/c29-25-19-13-18-24-28(26-20-14-9-5-1-2-6-10-15-21-26)27-22-16-11-7-3-4-8-12-17-23-27/h26-28H,1-25,29H2. The van der Waals surface area contributed by atoms with Gasteiger partial charge in [-0.15, -0.1) is 0 Å². The Hall–Kier alpha value is -0.0400. The van der Waals surface area contributed by atoms with E-state index in [1.165, 1.54) is 154 Å². The molecule has 2 saturated carbocycles. The molecule has 1 nitrogen and oxygen atoms in total. The molecule has 0 radical (unpaired) electrons. The third kappa shape index (κ3) is 11.8. The number of hydrogen-bond donors (Lipinski definition) is 1. The van der Waals surface area contributed by atoms with Crippen molar-refractivity contribution >= 4 is 0 Å². The summed E-state index contributed by atoms with van der Waals surface area (Å²) >= 11 is 0. The SMILES string of the molecule is NCCCCCC(C1CCCCCCCCCC1)C1CCCCCCCCCC1. The summed E-state index contributed by atoms with van der Waals surface area (Å²) < 4.78 is 0. The van der Waals surface area contributed by atoms with Crippen molar-refractivity contribution in [1.29, 1.82) is 0 Å².